The van der Waals surface area contributed by atoms with E-state index < -0.39 is 21.9 Å². The van der Waals surface area contributed by atoms with E-state index in [1.54, 1.807) is 13.0 Å². The Hall–Kier alpha value is -1.60. The quantitative estimate of drug-likeness (QED) is 0.800. The Balaban J connectivity index is 2.89. The third kappa shape index (κ3) is 5.02. The fourth-order valence-electron chi connectivity index (χ4n) is 1.58. The largest absolute Gasteiger partial charge is 0.491 e. The molecule has 7 heteroatoms. The van der Waals surface area contributed by atoms with E-state index in [1.807, 2.05) is 13.8 Å². The first-order valence-corrected chi connectivity index (χ1v) is 8.11. The van der Waals surface area contributed by atoms with E-state index >= 15 is 0 Å². The lowest BCUT2D eigenvalue weighted by atomic mass is 10.2. The topological polar surface area (TPSA) is 92.7 Å². The van der Waals surface area contributed by atoms with Gasteiger partial charge in [-0.05, 0) is 44.5 Å². The molecular weight excluding hydrogens is 294 g/mol. The summed E-state index contributed by atoms with van der Waals surface area (Å²) in [6, 6.07) is 4.55. The molecule has 6 nitrogen and oxygen atoms in total. The highest BCUT2D eigenvalue weighted by atomic mass is 32.2. The fraction of sp³-hybridized carbons (Fsp3) is 0.500. The van der Waals surface area contributed by atoms with Crippen molar-refractivity contribution in [1.29, 1.82) is 0 Å². The van der Waals surface area contributed by atoms with Crippen LogP contribution in [0.15, 0.2) is 23.1 Å². The SMILES string of the molecule is Cc1cc(S(=O)(=O)NCC(C)C(=O)O)ccc1OC(C)C. The zero-order valence-electron chi connectivity index (χ0n) is 12.6. The van der Waals surface area contributed by atoms with E-state index in [9.17, 15) is 13.2 Å². The lowest BCUT2D eigenvalue weighted by molar-refractivity contribution is -0.140. The van der Waals surface area contributed by atoms with Crippen molar-refractivity contribution in [3.05, 3.63) is 23.8 Å². The molecule has 0 heterocycles. The van der Waals surface area contributed by atoms with Gasteiger partial charge in [0.15, 0.2) is 0 Å². The van der Waals surface area contributed by atoms with Crippen molar-refractivity contribution < 1.29 is 23.1 Å². The van der Waals surface area contributed by atoms with Gasteiger partial charge in [-0.25, -0.2) is 13.1 Å². The van der Waals surface area contributed by atoms with Crippen molar-refractivity contribution in [1.82, 2.24) is 4.72 Å². The number of carboxylic acid groups (broad SMARTS) is 1. The summed E-state index contributed by atoms with van der Waals surface area (Å²) in [5.41, 5.74) is 0.706. The van der Waals surface area contributed by atoms with Gasteiger partial charge >= 0.3 is 5.97 Å². The number of benzene rings is 1. The molecule has 0 saturated heterocycles. The number of nitrogens with one attached hydrogen (secondary N) is 1. The maximum Gasteiger partial charge on any atom is 0.307 e. The molecule has 0 aliphatic carbocycles. The number of rotatable bonds is 7. The van der Waals surface area contributed by atoms with Gasteiger partial charge in [-0.2, -0.15) is 0 Å². The number of sulfonamides is 1. The molecular formula is C14H21NO5S. The van der Waals surface area contributed by atoms with Crippen LogP contribution in [0.1, 0.15) is 26.3 Å². The van der Waals surface area contributed by atoms with Gasteiger partial charge < -0.3 is 9.84 Å². The van der Waals surface area contributed by atoms with Crippen LogP contribution in [-0.2, 0) is 14.8 Å². The molecule has 0 bridgehead atoms. The summed E-state index contributed by atoms with van der Waals surface area (Å²) in [5, 5.41) is 8.76. The molecule has 0 aliphatic heterocycles. The summed E-state index contributed by atoms with van der Waals surface area (Å²) in [4.78, 5) is 10.8. The van der Waals surface area contributed by atoms with Crippen LogP contribution in [0.3, 0.4) is 0 Å². The second-order valence-electron chi connectivity index (χ2n) is 5.19. The van der Waals surface area contributed by atoms with Gasteiger partial charge in [0, 0.05) is 6.54 Å². The highest BCUT2D eigenvalue weighted by Gasteiger charge is 2.19. The summed E-state index contributed by atoms with van der Waals surface area (Å²) < 4.78 is 32.0. The minimum atomic E-state index is -3.73. The Kier molecular flexibility index (Phi) is 5.74. The molecule has 0 amide bonds. The average molecular weight is 315 g/mol. The summed E-state index contributed by atoms with van der Waals surface area (Å²) in [7, 11) is -3.73. The normalized spacial score (nSPS) is 13.2. The summed E-state index contributed by atoms with van der Waals surface area (Å²) in [5.74, 6) is -1.21. The zero-order valence-corrected chi connectivity index (χ0v) is 13.4. The molecule has 1 unspecified atom stereocenters. The van der Waals surface area contributed by atoms with Crippen molar-refractivity contribution in [2.24, 2.45) is 5.92 Å². The second kappa shape index (κ2) is 6.91. The van der Waals surface area contributed by atoms with Crippen LogP contribution in [0, 0.1) is 12.8 Å². The van der Waals surface area contributed by atoms with Gasteiger partial charge in [0.1, 0.15) is 5.75 Å². The number of aryl methyl sites for hydroxylation is 1. The van der Waals surface area contributed by atoms with Gasteiger partial charge in [-0.1, -0.05) is 6.92 Å². The highest BCUT2D eigenvalue weighted by molar-refractivity contribution is 7.89. The minimum Gasteiger partial charge on any atom is -0.491 e. The molecule has 0 saturated carbocycles. The van der Waals surface area contributed by atoms with Crippen LogP contribution in [0.25, 0.3) is 0 Å². The van der Waals surface area contributed by atoms with E-state index in [1.165, 1.54) is 19.1 Å². The molecule has 1 atom stereocenters. The smallest absolute Gasteiger partial charge is 0.307 e. The van der Waals surface area contributed by atoms with E-state index in [0.717, 1.165) is 0 Å². The zero-order chi connectivity index (χ0) is 16.2. The van der Waals surface area contributed by atoms with Gasteiger partial charge in [-0.15, -0.1) is 0 Å². The van der Waals surface area contributed by atoms with Crippen molar-refractivity contribution in [3.63, 3.8) is 0 Å². The van der Waals surface area contributed by atoms with Gasteiger partial charge in [0.2, 0.25) is 10.0 Å². The molecule has 0 spiro atoms. The molecule has 21 heavy (non-hydrogen) atoms. The number of hydrogen-bond donors (Lipinski definition) is 2. The molecule has 1 aromatic rings. The van der Waals surface area contributed by atoms with Crippen LogP contribution in [0.2, 0.25) is 0 Å². The minimum absolute atomic E-state index is 0.000647. The van der Waals surface area contributed by atoms with Crippen LogP contribution < -0.4 is 9.46 Å². The van der Waals surface area contributed by atoms with Crippen LogP contribution >= 0.6 is 0 Å². The Morgan fingerprint density at radius 3 is 2.43 bits per heavy atom. The van der Waals surface area contributed by atoms with Gasteiger partial charge in [0.05, 0.1) is 16.9 Å². The summed E-state index contributed by atoms with van der Waals surface area (Å²) in [6.45, 7) is 6.82. The van der Waals surface area contributed by atoms with E-state index in [-0.39, 0.29) is 17.5 Å². The number of aliphatic carboxylic acids is 1. The molecule has 0 aliphatic rings. The Morgan fingerprint density at radius 2 is 1.95 bits per heavy atom. The Morgan fingerprint density at radius 1 is 1.33 bits per heavy atom. The predicted molar refractivity (Wildman–Crippen MR) is 78.9 cm³/mol. The van der Waals surface area contributed by atoms with Crippen LogP contribution in [0.5, 0.6) is 5.75 Å². The number of ether oxygens (including phenoxy) is 1. The summed E-state index contributed by atoms with van der Waals surface area (Å²) >= 11 is 0. The van der Waals surface area contributed by atoms with Crippen LogP contribution in [0.4, 0.5) is 0 Å². The third-order valence-electron chi connectivity index (χ3n) is 2.82. The number of carboxylic acids is 1. The second-order valence-corrected chi connectivity index (χ2v) is 6.95. The maximum absolute atomic E-state index is 12.1. The highest BCUT2D eigenvalue weighted by Crippen LogP contribution is 2.22. The molecule has 1 rings (SSSR count). The van der Waals surface area contributed by atoms with Crippen molar-refractivity contribution in [2.45, 2.75) is 38.7 Å². The Bertz CT molecular complexity index is 610. The van der Waals surface area contributed by atoms with Crippen molar-refractivity contribution in [2.75, 3.05) is 6.54 Å². The first-order chi connectivity index (χ1) is 9.63. The predicted octanol–water partition coefficient (Wildman–Crippen LogP) is 1.78. The lowest BCUT2D eigenvalue weighted by Crippen LogP contribution is -2.31. The molecule has 0 fully saturated rings. The van der Waals surface area contributed by atoms with E-state index in [2.05, 4.69) is 4.72 Å². The number of carbonyl (C=O) groups is 1. The van der Waals surface area contributed by atoms with E-state index in [0.29, 0.717) is 11.3 Å². The van der Waals surface area contributed by atoms with E-state index in [4.69, 9.17) is 9.84 Å². The third-order valence-corrected chi connectivity index (χ3v) is 4.24. The molecule has 1 aromatic carbocycles. The standard InChI is InChI=1S/C14H21NO5S/c1-9(2)20-13-6-5-12(7-10(13)3)21(18,19)15-8-11(4)14(16)17/h5-7,9,11,15H,8H2,1-4H3,(H,16,17). The van der Waals surface area contributed by atoms with Crippen molar-refractivity contribution >= 4 is 16.0 Å². The lowest BCUT2D eigenvalue weighted by Gasteiger charge is -2.14. The van der Waals surface area contributed by atoms with Crippen molar-refractivity contribution in [3.8, 4) is 5.75 Å². The molecule has 2 N–H and O–H groups in total. The average Bonchev–Trinajstić information content (AvgIpc) is 2.37. The summed E-state index contributed by atoms with van der Waals surface area (Å²) in [6.07, 6.45) is 0.000647. The van der Waals surface area contributed by atoms with Crippen LogP contribution in [-0.4, -0.2) is 32.1 Å². The molecule has 0 radical (unpaired) electrons. The first-order valence-electron chi connectivity index (χ1n) is 6.63. The monoisotopic (exact) mass is 315 g/mol. The first kappa shape index (κ1) is 17.5. The van der Waals surface area contributed by atoms with Gasteiger partial charge in [-0.3, -0.25) is 4.79 Å². The fourth-order valence-corrected chi connectivity index (χ4v) is 2.80. The maximum atomic E-state index is 12.1. The molecule has 0 aromatic heterocycles. The van der Waals surface area contributed by atoms with Gasteiger partial charge in [0.25, 0.3) is 0 Å². The molecule has 118 valence electrons. The Labute approximate surface area is 125 Å². The number of hydrogen-bond acceptors (Lipinski definition) is 4.